The Kier molecular flexibility index (Phi) is 8.29. The van der Waals surface area contributed by atoms with Gasteiger partial charge in [-0.3, -0.25) is 19.7 Å². The van der Waals surface area contributed by atoms with Crippen molar-refractivity contribution in [3.8, 4) is 0 Å². The van der Waals surface area contributed by atoms with Gasteiger partial charge in [0.05, 0.1) is 6.42 Å². The fourth-order valence-corrected chi connectivity index (χ4v) is 2.86. The van der Waals surface area contributed by atoms with Gasteiger partial charge in [0.2, 0.25) is 6.10 Å². The molecular weight excluding hydrogens is 384 g/mol. The Balaban J connectivity index is 2.05. The molecule has 2 N–H and O–H groups in total. The summed E-state index contributed by atoms with van der Waals surface area (Å²) in [7, 11) is 0. The molecule has 2 aromatic carbocycles. The third-order valence-corrected chi connectivity index (χ3v) is 4.41. The molecule has 1 atom stereocenters. The summed E-state index contributed by atoms with van der Waals surface area (Å²) < 4.78 is 5.33. The van der Waals surface area contributed by atoms with Crippen LogP contribution in [0.1, 0.15) is 52.9 Å². The Bertz CT molecular complexity index is 924. The van der Waals surface area contributed by atoms with E-state index in [1.165, 1.54) is 0 Å². The van der Waals surface area contributed by atoms with Gasteiger partial charge in [-0.2, -0.15) is 0 Å². The van der Waals surface area contributed by atoms with E-state index in [4.69, 9.17) is 4.74 Å². The van der Waals surface area contributed by atoms with Crippen LogP contribution in [0.4, 0.5) is 4.79 Å². The molecule has 0 spiro atoms. The average molecular weight is 410 g/mol. The van der Waals surface area contributed by atoms with Crippen molar-refractivity contribution in [3.63, 3.8) is 0 Å². The normalized spacial score (nSPS) is 11.3. The van der Waals surface area contributed by atoms with Gasteiger partial charge in [-0.05, 0) is 32.4 Å². The van der Waals surface area contributed by atoms with E-state index in [-0.39, 0.29) is 18.6 Å². The summed E-state index contributed by atoms with van der Waals surface area (Å²) in [6.45, 7) is 5.78. The van der Waals surface area contributed by atoms with E-state index >= 15 is 0 Å². The lowest BCUT2D eigenvalue weighted by atomic mass is 9.99. The highest BCUT2D eigenvalue weighted by Gasteiger charge is 2.26. The van der Waals surface area contributed by atoms with Crippen molar-refractivity contribution in [3.05, 3.63) is 70.8 Å². The van der Waals surface area contributed by atoms with Crippen molar-refractivity contribution in [1.29, 1.82) is 0 Å². The highest BCUT2D eigenvalue weighted by molar-refractivity contribution is 6.00. The van der Waals surface area contributed by atoms with Gasteiger partial charge in [0.25, 0.3) is 5.91 Å². The topological polar surface area (TPSA) is 102 Å². The van der Waals surface area contributed by atoms with E-state index in [2.05, 4.69) is 10.6 Å². The Morgan fingerprint density at radius 2 is 1.67 bits per heavy atom. The average Bonchev–Trinajstić information content (AvgIpc) is 2.72. The van der Waals surface area contributed by atoms with Crippen molar-refractivity contribution in [2.45, 2.75) is 39.7 Å². The zero-order valence-corrected chi connectivity index (χ0v) is 17.4. The van der Waals surface area contributed by atoms with Gasteiger partial charge in [-0.25, -0.2) is 4.79 Å². The summed E-state index contributed by atoms with van der Waals surface area (Å²) in [5.41, 5.74) is 2.78. The SMILES string of the molecule is CCNC(=O)NC(=O)[C@@H](OC(=O)CCC(=O)c1cc(C)ccc1C)c1ccccc1. The molecule has 158 valence electrons. The summed E-state index contributed by atoms with van der Waals surface area (Å²) in [4.78, 5) is 49.0. The fraction of sp³-hybridized carbons (Fsp3) is 0.304. The zero-order valence-electron chi connectivity index (χ0n) is 17.4. The first-order valence-electron chi connectivity index (χ1n) is 9.75. The number of nitrogens with one attached hydrogen (secondary N) is 2. The van der Waals surface area contributed by atoms with Crippen LogP contribution in [0.15, 0.2) is 48.5 Å². The second-order valence-corrected chi connectivity index (χ2v) is 6.87. The molecule has 0 saturated carbocycles. The summed E-state index contributed by atoms with van der Waals surface area (Å²) in [6.07, 6.45) is -1.51. The molecule has 0 aliphatic carbocycles. The van der Waals surface area contributed by atoms with Crippen molar-refractivity contribution >= 4 is 23.7 Å². The molecule has 3 amide bonds. The van der Waals surface area contributed by atoms with Gasteiger partial charge in [0, 0.05) is 24.1 Å². The van der Waals surface area contributed by atoms with E-state index in [1.807, 2.05) is 26.0 Å². The number of carbonyl (C=O) groups excluding carboxylic acids is 4. The first-order valence-corrected chi connectivity index (χ1v) is 9.75. The van der Waals surface area contributed by atoms with E-state index in [0.717, 1.165) is 11.1 Å². The minimum atomic E-state index is -1.29. The number of rotatable bonds is 8. The van der Waals surface area contributed by atoms with Gasteiger partial charge in [-0.1, -0.05) is 48.0 Å². The number of ether oxygens (including phenoxy) is 1. The van der Waals surface area contributed by atoms with Crippen LogP contribution in [0.5, 0.6) is 0 Å². The standard InChI is InChI=1S/C23H26N2O5/c1-4-24-23(29)25-22(28)21(17-8-6-5-7-9-17)30-20(27)13-12-19(26)18-14-15(2)10-11-16(18)3/h5-11,14,21H,4,12-13H2,1-3H3,(H2,24,25,28,29)/t21-/m0/s1. The Hall–Kier alpha value is -3.48. The number of esters is 1. The van der Waals surface area contributed by atoms with Crippen LogP contribution < -0.4 is 10.6 Å². The molecule has 0 saturated heterocycles. The second kappa shape index (κ2) is 10.9. The Morgan fingerprint density at radius 3 is 2.33 bits per heavy atom. The molecule has 0 radical (unpaired) electrons. The van der Waals surface area contributed by atoms with Gasteiger partial charge in [0.1, 0.15) is 0 Å². The summed E-state index contributed by atoms with van der Waals surface area (Å²) in [5.74, 6) is -1.63. The van der Waals surface area contributed by atoms with Crippen molar-refractivity contribution in [2.75, 3.05) is 6.54 Å². The van der Waals surface area contributed by atoms with Crippen LogP contribution in [0.25, 0.3) is 0 Å². The predicted molar refractivity (Wildman–Crippen MR) is 112 cm³/mol. The van der Waals surface area contributed by atoms with Crippen LogP contribution in [-0.4, -0.2) is 30.2 Å². The second-order valence-electron chi connectivity index (χ2n) is 6.87. The lowest BCUT2D eigenvalue weighted by Crippen LogP contribution is -2.42. The quantitative estimate of drug-likeness (QED) is 0.513. The van der Waals surface area contributed by atoms with E-state index < -0.39 is 24.0 Å². The van der Waals surface area contributed by atoms with Crippen LogP contribution >= 0.6 is 0 Å². The van der Waals surface area contributed by atoms with Gasteiger partial charge in [0.15, 0.2) is 5.78 Å². The highest BCUT2D eigenvalue weighted by Crippen LogP contribution is 2.20. The third-order valence-electron chi connectivity index (χ3n) is 4.41. The highest BCUT2D eigenvalue weighted by atomic mass is 16.5. The van der Waals surface area contributed by atoms with Gasteiger partial charge >= 0.3 is 12.0 Å². The van der Waals surface area contributed by atoms with E-state index in [0.29, 0.717) is 17.7 Å². The van der Waals surface area contributed by atoms with Crippen LogP contribution in [-0.2, 0) is 14.3 Å². The minimum absolute atomic E-state index is 0.0391. The molecule has 30 heavy (non-hydrogen) atoms. The monoisotopic (exact) mass is 410 g/mol. The Labute approximate surface area is 175 Å². The van der Waals surface area contributed by atoms with Crippen LogP contribution in [0, 0.1) is 13.8 Å². The molecule has 2 rings (SSSR count). The fourth-order valence-electron chi connectivity index (χ4n) is 2.86. The molecule has 0 fully saturated rings. The smallest absolute Gasteiger partial charge is 0.321 e. The molecule has 0 aliphatic heterocycles. The number of ketones is 1. The number of hydrogen-bond donors (Lipinski definition) is 2. The van der Waals surface area contributed by atoms with Crippen molar-refractivity contribution < 1.29 is 23.9 Å². The number of hydrogen-bond acceptors (Lipinski definition) is 5. The van der Waals surface area contributed by atoms with E-state index in [9.17, 15) is 19.2 Å². The number of aryl methyl sites for hydroxylation is 2. The minimum Gasteiger partial charge on any atom is -0.447 e. The zero-order chi connectivity index (χ0) is 22.1. The number of imide groups is 1. The van der Waals surface area contributed by atoms with E-state index in [1.54, 1.807) is 43.3 Å². The van der Waals surface area contributed by atoms with Gasteiger partial charge < -0.3 is 10.1 Å². The molecule has 7 heteroatoms. The van der Waals surface area contributed by atoms with Crippen LogP contribution in [0.2, 0.25) is 0 Å². The maximum Gasteiger partial charge on any atom is 0.321 e. The Morgan fingerprint density at radius 1 is 0.967 bits per heavy atom. The number of amides is 3. The lowest BCUT2D eigenvalue weighted by Gasteiger charge is -2.17. The molecule has 0 aromatic heterocycles. The third kappa shape index (κ3) is 6.55. The predicted octanol–water partition coefficient (Wildman–Crippen LogP) is 3.40. The number of Topliss-reactive ketones (excluding diaryl/α,β-unsaturated/α-hetero) is 1. The molecule has 0 aliphatic rings. The maximum absolute atomic E-state index is 12.5. The number of carbonyl (C=O) groups is 4. The molecule has 7 nitrogen and oxygen atoms in total. The van der Waals surface area contributed by atoms with Gasteiger partial charge in [-0.15, -0.1) is 0 Å². The molecule has 0 unspecified atom stereocenters. The van der Waals surface area contributed by atoms with Crippen LogP contribution in [0.3, 0.4) is 0 Å². The van der Waals surface area contributed by atoms with Crippen molar-refractivity contribution in [1.82, 2.24) is 10.6 Å². The summed E-state index contributed by atoms with van der Waals surface area (Å²) >= 11 is 0. The molecule has 0 heterocycles. The number of benzene rings is 2. The number of urea groups is 1. The lowest BCUT2D eigenvalue weighted by molar-refractivity contribution is -0.156. The summed E-state index contributed by atoms with van der Waals surface area (Å²) in [6, 6.07) is 13.3. The maximum atomic E-state index is 12.5. The molecular formula is C23H26N2O5. The first kappa shape index (κ1) is 22.8. The summed E-state index contributed by atoms with van der Waals surface area (Å²) in [5, 5.41) is 4.60. The molecule has 2 aromatic rings. The largest absolute Gasteiger partial charge is 0.447 e. The molecule has 0 bridgehead atoms. The van der Waals surface area contributed by atoms with Crippen molar-refractivity contribution in [2.24, 2.45) is 0 Å². The first-order chi connectivity index (χ1) is 14.3.